The van der Waals surface area contributed by atoms with Gasteiger partial charge in [0.2, 0.25) is 6.41 Å². The zero-order valence-corrected chi connectivity index (χ0v) is 11.0. The number of amides is 1. The maximum atomic E-state index is 10.8. The van der Waals surface area contributed by atoms with Gasteiger partial charge in [-0.2, -0.15) is 0 Å². The van der Waals surface area contributed by atoms with Crippen molar-refractivity contribution >= 4 is 23.7 Å². The van der Waals surface area contributed by atoms with Crippen molar-refractivity contribution in [2.45, 2.75) is 12.5 Å². The Morgan fingerprint density at radius 2 is 2.21 bits per heavy atom. The predicted octanol–water partition coefficient (Wildman–Crippen LogP) is 2.35. The summed E-state index contributed by atoms with van der Waals surface area (Å²) >= 11 is 6.17. The summed E-state index contributed by atoms with van der Waals surface area (Å²) in [5.74, 6) is 0. The van der Waals surface area contributed by atoms with Gasteiger partial charge in [0.25, 0.3) is 0 Å². The Labute approximate surface area is 116 Å². The number of nitrogens with two attached hydrogens (primary N) is 1. The third-order valence-corrected chi connectivity index (χ3v) is 3.14. The highest BCUT2D eigenvalue weighted by atomic mass is 35.5. The zero-order chi connectivity index (χ0) is 13.7. The van der Waals surface area contributed by atoms with Crippen molar-refractivity contribution in [3.05, 3.63) is 58.9 Å². The van der Waals surface area contributed by atoms with E-state index in [9.17, 15) is 4.79 Å². The van der Waals surface area contributed by atoms with E-state index >= 15 is 0 Å². The van der Waals surface area contributed by atoms with Gasteiger partial charge in [0.1, 0.15) is 0 Å². The van der Waals surface area contributed by atoms with E-state index in [-0.39, 0.29) is 6.04 Å². The van der Waals surface area contributed by atoms with Gasteiger partial charge in [0, 0.05) is 29.0 Å². The van der Waals surface area contributed by atoms with Gasteiger partial charge in [-0.3, -0.25) is 9.78 Å². The zero-order valence-electron chi connectivity index (χ0n) is 10.2. The summed E-state index contributed by atoms with van der Waals surface area (Å²) < 4.78 is 0. The quantitative estimate of drug-likeness (QED) is 0.650. The maximum absolute atomic E-state index is 10.8. The Morgan fingerprint density at radius 1 is 1.37 bits per heavy atom. The summed E-state index contributed by atoms with van der Waals surface area (Å²) in [4.78, 5) is 15.0. The number of aromatic nitrogens is 1. The molecule has 3 N–H and O–H groups in total. The van der Waals surface area contributed by atoms with Gasteiger partial charge in [0.05, 0.1) is 6.04 Å². The monoisotopic (exact) mass is 275 g/mol. The SMILES string of the molecule is Nc1ccc(C(Cc2ccccn2)NC=O)c(Cl)c1. The van der Waals surface area contributed by atoms with Crippen LogP contribution in [-0.2, 0) is 11.2 Å². The molecule has 0 fully saturated rings. The minimum absolute atomic E-state index is 0.222. The van der Waals surface area contributed by atoms with Gasteiger partial charge in [-0.25, -0.2) is 0 Å². The van der Waals surface area contributed by atoms with Crippen LogP contribution in [0.2, 0.25) is 5.02 Å². The topological polar surface area (TPSA) is 68.0 Å². The Morgan fingerprint density at radius 3 is 2.84 bits per heavy atom. The first-order chi connectivity index (χ1) is 9.20. The third-order valence-electron chi connectivity index (χ3n) is 2.81. The Balaban J connectivity index is 2.27. The number of pyridine rings is 1. The van der Waals surface area contributed by atoms with Crippen molar-refractivity contribution in [1.29, 1.82) is 0 Å². The van der Waals surface area contributed by atoms with E-state index in [0.717, 1.165) is 11.3 Å². The molecule has 0 bridgehead atoms. The molecule has 2 aromatic rings. The minimum Gasteiger partial charge on any atom is -0.399 e. The molecule has 0 aliphatic carbocycles. The number of anilines is 1. The highest BCUT2D eigenvalue weighted by Gasteiger charge is 2.15. The summed E-state index contributed by atoms with van der Waals surface area (Å²) in [6.07, 6.45) is 2.96. The van der Waals surface area contributed by atoms with Gasteiger partial charge in [-0.15, -0.1) is 0 Å². The fraction of sp³-hybridized carbons (Fsp3) is 0.143. The third kappa shape index (κ3) is 3.45. The first-order valence-electron chi connectivity index (χ1n) is 5.85. The molecule has 0 radical (unpaired) electrons. The average molecular weight is 276 g/mol. The molecular formula is C14H14ClN3O. The molecule has 2 rings (SSSR count). The van der Waals surface area contributed by atoms with Gasteiger partial charge < -0.3 is 11.1 Å². The first-order valence-corrected chi connectivity index (χ1v) is 6.23. The van der Waals surface area contributed by atoms with Crippen LogP contribution in [0.5, 0.6) is 0 Å². The highest BCUT2D eigenvalue weighted by molar-refractivity contribution is 6.31. The molecule has 98 valence electrons. The molecule has 0 aliphatic rings. The molecule has 1 unspecified atom stereocenters. The standard InChI is InChI=1S/C14H14ClN3O/c15-13-7-10(16)4-5-12(13)14(18-9-19)8-11-3-1-2-6-17-11/h1-7,9,14H,8,16H2,(H,18,19). The second-order valence-electron chi connectivity index (χ2n) is 4.14. The van der Waals surface area contributed by atoms with Crippen LogP contribution in [0, 0.1) is 0 Å². The summed E-state index contributed by atoms with van der Waals surface area (Å²) in [6, 6.07) is 10.7. The van der Waals surface area contributed by atoms with Crippen molar-refractivity contribution in [2.24, 2.45) is 0 Å². The van der Waals surface area contributed by atoms with Gasteiger partial charge >= 0.3 is 0 Å². The molecule has 0 saturated heterocycles. The van der Waals surface area contributed by atoms with E-state index in [0.29, 0.717) is 23.5 Å². The summed E-state index contributed by atoms with van der Waals surface area (Å²) in [5.41, 5.74) is 7.97. The van der Waals surface area contributed by atoms with E-state index in [2.05, 4.69) is 10.3 Å². The van der Waals surface area contributed by atoms with Crippen LogP contribution < -0.4 is 11.1 Å². The number of halogens is 1. The molecule has 1 atom stereocenters. The van der Waals surface area contributed by atoms with E-state index in [1.165, 1.54) is 0 Å². The lowest BCUT2D eigenvalue weighted by Gasteiger charge is -2.17. The number of hydrogen-bond donors (Lipinski definition) is 2. The Bertz CT molecular complexity index is 560. The molecule has 0 saturated carbocycles. The Hall–Kier alpha value is -2.07. The van der Waals surface area contributed by atoms with Crippen LogP contribution in [0.15, 0.2) is 42.6 Å². The van der Waals surface area contributed by atoms with Crippen LogP contribution in [-0.4, -0.2) is 11.4 Å². The Kier molecular flexibility index (Phi) is 4.36. The summed E-state index contributed by atoms with van der Waals surface area (Å²) in [6.45, 7) is 0. The number of nitrogens with one attached hydrogen (secondary N) is 1. The van der Waals surface area contributed by atoms with Crippen molar-refractivity contribution in [3.63, 3.8) is 0 Å². The number of nitrogens with zero attached hydrogens (tertiary/aromatic N) is 1. The van der Waals surface area contributed by atoms with E-state index in [4.69, 9.17) is 17.3 Å². The maximum Gasteiger partial charge on any atom is 0.207 e. The number of nitrogen functional groups attached to an aromatic ring is 1. The number of rotatable bonds is 5. The van der Waals surface area contributed by atoms with Gasteiger partial charge in [0.15, 0.2) is 0 Å². The first kappa shape index (κ1) is 13.4. The predicted molar refractivity (Wildman–Crippen MR) is 75.7 cm³/mol. The lowest BCUT2D eigenvalue weighted by Crippen LogP contribution is -2.22. The molecule has 1 amide bonds. The molecule has 0 aliphatic heterocycles. The van der Waals surface area contributed by atoms with Crippen LogP contribution in [0.4, 0.5) is 5.69 Å². The molecule has 1 heterocycles. The lowest BCUT2D eigenvalue weighted by molar-refractivity contribution is -0.110. The second-order valence-corrected chi connectivity index (χ2v) is 4.55. The largest absolute Gasteiger partial charge is 0.399 e. The highest BCUT2D eigenvalue weighted by Crippen LogP contribution is 2.27. The molecule has 19 heavy (non-hydrogen) atoms. The number of benzene rings is 1. The average Bonchev–Trinajstić information content (AvgIpc) is 2.39. The molecule has 1 aromatic heterocycles. The summed E-state index contributed by atoms with van der Waals surface area (Å²) in [7, 11) is 0. The normalized spacial score (nSPS) is 11.8. The van der Waals surface area contributed by atoms with E-state index in [1.54, 1.807) is 18.3 Å². The second kappa shape index (κ2) is 6.20. The fourth-order valence-electron chi connectivity index (χ4n) is 1.89. The minimum atomic E-state index is -0.222. The molecule has 1 aromatic carbocycles. The molecule has 0 spiro atoms. The lowest BCUT2D eigenvalue weighted by atomic mass is 10.0. The van der Waals surface area contributed by atoms with Crippen LogP contribution in [0.25, 0.3) is 0 Å². The van der Waals surface area contributed by atoms with Gasteiger partial charge in [-0.1, -0.05) is 23.7 Å². The van der Waals surface area contributed by atoms with Crippen molar-refractivity contribution in [1.82, 2.24) is 10.3 Å². The van der Waals surface area contributed by atoms with Crippen molar-refractivity contribution in [3.8, 4) is 0 Å². The fourth-order valence-corrected chi connectivity index (χ4v) is 2.22. The molecular weight excluding hydrogens is 262 g/mol. The van der Waals surface area contributed by atoms with Crippen LogP contribution >= 0.6 is 11.6 Å². The molecule has 5 heteroatoms. The number of carbonyl (C=O) groups excluding carboxylic acids is 1. The van der Waals surface area contributed by atoms with E-state index in [1.807, 2.05) is 24.3 Å². The molecule has 4 nitrogen and oxygen atoms in total. The summed E-state index contributed by atoms with van der Waals surface area (Å²) in [5, 5.41) is 3.30. The van der Waals surface area contributed by atoms with Crippen molar-refractivity contribution < 1.29 is 4.79 Å². The van der Waals surface area contributed by atoms with Crippen molar-refractivity contribution in [2.75, 3.05) is 5.73 Å². The van der Waals surface area contributed by atoms with Crippen LogP contribution in [0.1, 0.15) is 17.3 Å². The smallest absolute Gasteiger partial charge is 0.207 e. The number of hydrogen-bond acceptors (Lipinski definition) is 3. The number of carbonyl (C=O) groups is 1. The van der Waals surface area contributed by atoms with Crippen LogP contribution in [0.3, 0.4) is 0 Å². The van der Waals surface area contributed by atoms with E-state index < -0.39 is 0 Å². The van der Waals surface area contributed by atoms with Gasteiger partial charge in [-0.05, 0) is 29.8 Å².